The van der Waals surface area contributed by atoms with Crippen LogP contribution in [-0.2, 0) is 0 Å². The SMILES string of the molecule is Cc1ccccc1NC(CO)c1ccccc1. The molecule has 2 rings (SSSR count). The van der Waals surface area contributed by atoms with Crippen molar-refractivity contribution in [1.82, 2.24) is 0 Å². The first-order valence-corrected chi connectivity index (χ1v) is 5.79. The number of anilines is 1. The summed E-state index contributed by atoms with van der Waals surface area (Å²) in [6.07, 6.45) is 0. The van der Waals surface area contributed by atoms with Crippen LogP contribution in [-0.4, -0.2) is 11.7 Å². The number of aryl methyl sites for hydroxylation is 1. The summed E-state index contributed by atoms with van der Waals surface area (Å²) < 4.78 is 0. The Labute approximate surface area is 102 Å². The fourth-order valence-electron chi connectivity index (χ4n) is 1.84. The zero-order valence-electron chi connectivity index (χ0n) is 9.93. The lowest BCUT2D eigenvalue weighted by molar-refractivity contribution is 0.276. The summed E-state index contributed by atoms with van der Waals surface area (Å²) in [5.41, 5.74) is 3.34. The van der Waals surface area contributed by atoms with Crippen molar-refractivity contribution in [3.05, 3.63) is 65.7 Å². The zero-order chi connectivity index (χ0) is 12.1. The molecule has 2 aromatic rings. The van der Waals surface area contributed by atoms with Gasteiger partial charge in [-0.05, 0) is 24.1 Å². The zero-order valence-corrected chi connectivity index (χ0v) is 9.93. The van der Waals surface area contributed by atoms with Crippen LogP contribution < -0.4 is 5.32 Å². The molecule has 2 nitrogen and oxygen atoms in total. The number of para-hydroxylation sites is 1. The van der Waals surface area contributed by atoms with Gasteiger partial charge in [-0.2, -0.15) is 0 Å². The quantitative estimate of drug-likeness (QED) is 0.841. The van der Waals surface area contributed by atoms with E-state index in [9.17, 15) is 5.11 Å². The molecule has 2 N–H and O–H groups in total. The van der Waals surface area contributed by atoms with Gasteiger partial charge in [-0.25, -0.2) is 0 Å². The molecule has 0 aromatic heterocycles. The van der Waals surface area contributed by atoms with Gasteiger partial charge in [0.2, 0.25) is 0 Å². The van der Waals surface area contributed by atoms with E-state index >= 15 is 0 Å². The van der Waals surface area contributed by atoms with E-state index in [1.807, 2.05) is 48.5 Å². The molecule has 1 unspecified atom stereocenters. The van der Waals surface area contributed by atoms with E-state index < -0.39 is 0 Å². The Morgan fingerprint density at radius 2 is 1.65 bits per heavy atom. The summed E-state index contributed by atoms with van der Waals surface area (Å²) in [4.78, 5) is 0. The second-order valence-electron chi connectivity index (χ2n) is 4.11. The number of hydrogen-bond acceptors (Lipinski definition) is 2. The molecule has 0 aliphatic carbocycles. The minimum atomic E-state index is -0.0581. The normalized spacial score (nSPS) is 12.1. The molecule has 0 bridgehead atoms. The largest absolute Gasteiger partial charge is 0.394 e. The molecule has 0 saturated heterocycles. The second kappa shape index (κ2) is 5.51. The molecule has 0 amide bonds. The van der Waals surface area contributed by atoms with Gasteiger partial charge in [0.15, 0.2) is 0 Å². The van der Waals surface area contributed by atoms with E-state index in [1.54, 1.807) is 0 Å². The van der Waals surface area contributed by atoms with Gasteiger partial charge in [0.1, 0.15) is 0 Å². The molecule has 2 aromatic carbocycles. The first-order chi connectivity index (χ1) is 8.31. The van der Waals surface area contributed by atoms with Crippen molar-refractivity contribution < 1.29 is 5.11 Å². The molecule has 0 fully saturated rings. The van der Waals surface area contributed by atoms with Gasteiger partial charge >= 0.3 is 0 Å². The number of rotatable bonds is 4. The molecule has 0 aliphatic heterocycles. The highest BCUT2D eigenvalue weighted by Crippen LogP contribution is 2.21. The topological polar surface area (TPSA) is 32.3 Å². The van der Waals surface area contributed by atoms with E-state index in [4.69, 9.17) is 0 Å². The van der Waals surface area contributed by atoms with Crippen molar-refractivity contribution in [3.63, 3.8) is 0 Å². The van der Waals surface area contributed by atoms with Gasteiger partial charge in [-0.3, -0.25) is 0 Å². The van der Waals surface area contributed by atoms with Gasteiger partial charge in [-0.1, -0.05) is 48.5 Å². The molecule has 0 heterocycles. The maximum Gasteiger partial charge on any atom is 0.0745 e. The third kappa shape index (κ3) is 2.86. The maximum absolute atomic E-state index is 9.47. The van der Waals surface area contributed by atoms with Crippen LogP contribution in [0.25, 0.3) is 0 Å². The van der Waals surface area contributed by atoms with Gasteiger partial charge in [0.05, 0.1) is 12.6 Å². The fraction of sp³-hybridized carbons (Fsp3) is 0.200. The molecular formula is C15H17NO. The van der Waals surface area contributed by atoms with E-state index in [2.05, 4.69) is 18.3 Å². The van der Waals surface area contributed by atoms with Crippen molar-refractivity contribution in [1.29, 1.82) is 0 Å². The third-order valence-corrected chi connectivity index (χ3v) is 2.86. The smallest absolute Gasteiger partial charge is 0.0745 e. The van der Waals surface area contributed by atoms with Gasteiger partial charge in [0.25, 0.3) is 0 Å². The van der Waals surface area contributed by atoms with Crippen LogP contribution in [0.4, 0.5) is 5.69 Å². The monoisotopic (exact) mass is 227 g/mol. The first kappa shape index (κ1) is 11.7. The average molecular weight is 227 g/mol. The highest BCUT2D eigenvalue weighted by atomic mass is 16.3. The van der Waals surface area contributed by atoms with Crippen LogP contribution in [0.5, 0.6) is 0 Å². The van der Waals surface area contributed by atoms with Crippen molar-refractivity contribution in [2.45, 2.75) is 13.0 Å². The molecule has 88 valence electrons. The standard InChI is InChI=1S/C15H17NO/c1-12-7-5-6-10-14(12)16-15(11-17)13-8-3-2-4-9-13/h2-10,15-17H,11H2,1H3. The van der Waals surface area contributed by atoms with E-state index in [0.29, 0.717) is 0 Å². The van der Waals surface area contributed by atoms with Crippen LogP contribution in [0.2, 0.25) is 0 Å². The molecule has 1 atom stereocenters. The summed E-state index contributed by atoms with van der Waals surface area (Å²) in [6, 6.07) is 18.0. The predicted molar refractivity (Wildman–Crippen MR) is 71.1 cm³/mol. The van der Waals surface area contributed by atoms with Crippen LogP contribution in [0.15, 0.2) is 54.6 Å². The van der Waals surface area contributed by atoms with Gasteiger partial charge in [-0.15, -0.1) is 0 Å². The molecular weight excluding hydrogens is 210 g/mol. The lowest BCUT2D eigenvalue weighted by Crippen LogP contribution is -2.15. The number of nitrogens with one attached hydrogen (secondary N) is 1. The predicted octanol–water partition coefficient (Wildman–Crippen LogP) is 3.14. The summed E-state index contributed by atoms with van der Waals surface area (Å²) in [7, 11) is 0. The third-order valence-electron chi connectivity index (χ3n) is 2.86. The molecule has 0 aliphatic rings. The van der Waals surface area contributed by atoms with Gasteiger partial charge < -0.3 is 10.4 Å². The highest BCUT2D eigenvalue weighted by Gasteiger charge is 2.10. The van der Waals surface area contributed by atoms with Crippen LogP contribution in [0, 0.1) is 6.92 Å². The maximum atomic E-state index is 9.47. The first-order valence-electron chi connectivity index (χ1n) is 5.79. The Morgan fingerprint density at radius 3 is 2.29 bits per heavy atom. The van der Waals surface area contributed by atoms with E-state index in [1.165, 1.54) is 5.56 Å². The Balaban J connectivity index is 2.19. The highest BCUT2D eigenvalue weighted by molar-refractivity contribution is 5.52. The fourth-order valence-corrected chi connectivity index (χ4v) is 1.84. The minimum absolute atomic E-state index is 0.0581. The lowest BCUT2D eigenvalue weighted by Gasteiger charge is -2.19. The molecule has 0 spiro atoms. The lowest BCUT2D eigenvalue weighted by atomic mass is 10.1. The summed E-state index contributed by atoms with van der Waals surface area (Å²) >= 11 is 0. The second-order valence-corrected chi connectivity index (χ2v) is 4.11. The Morgan fingerprint density at radius 1 is 1.00 bits per heavy atom. The van der Waals surface area contributed by atoms with E-state index in [0.717, 1.165) is 11.3 Å². The molecule has 17 heavy (non-hydrogen) atoms. The van der Waals surface area contributed by atoms with Crippen molar-refractivity contribution in [2.24, 2.45) is 0 Å². The number of hydrogen-bond donors (Lipinski definition) is 2. The van der Waals surface area contributed by atoms with Crippen molar-refractivity contribution in [3.8, 4) is 0 Å². The van der Waals surface area contributed by atoms with Crippen molar-refractivity contribution >= 4 is 5.69 Å². The van der Waals surface area contributed by atoms with Crippen molar-refractivity contribution in [2.75, 3.05) is 11.9 Å². The van der Waals surface area contributed by atoms with Crippen LogP contribution in [0.1, 0.15) is 17.2 Å². The minimum Gasteiger partial charge on any atom is -0.394 e. The summed E-state index contributed by atoms with van der Waals surface area (Å²) in [5, 5.41) is 12.8. The van der Waals surface area contributed by atoms with Crippen LogP contribution in [0.3, 0.4) is 0 Å². The number of benzene rings is 2. The van der Waals surface area contributed by atoms with E-state index in [-0.39, 0.29) is 12.6 Å². The Kier molecular flexibility index (Phi) is 3.78. The van der Waals surface area contributed by atoms with Gasteiger partial charge in [0, 0.05) is 5.69 Å². The molecule has 0 radical (unpaired) electrons. The Bertz CT molecular complexity index is 467. The Hall–Kier alpha value is -1.80. The number of aliphatic hydroxyl groups excluding tert-OH is 1. The number of aliphatic hydroxyl groups is 1. The average Bonchev–Trinajstić information content (AvgIpc) is 2.39. The molecule has 0 saturated carbocycles. The molecule has 2 heteroatoms. The summed E-state index contributed by atoms with van der Waals surface area (Å²) in [6.45, 7) is 2.14. The van der Waals surface area contributed by atoms with Crippen LogP contribution >= 0.6 is 0 Å². The summed E-state index contributed by atoms with van der Waals surface area (Å²) in [5.74, 6) is 0.